The first-order chi connectivity index (χ1) is 7.37. The van der Waals surface area contributed by atoms with Crippen LogP contribution in [-0.4, -0.2) is 30.7 Å². The van der Waals surface area contributed by atoms with Crippen LogP contribution in [0.1, 0.15) is 26.7 Å². The van der Waals surface area contributed by atoms with Gasteiger partial charge in [-0.3, -0.25) is 4.90 Å². The highest BCUT2D eigenvalue weighted by Gasteiger charge is 2.45. The van der Waals surface area contributed by atoms with Crippen LogP contribution in [0.3, 0.4) is 0 Å². The highest BCUT2D eigenvalue weighted by Crippen LogP contribution is 2.45. The molecule has 1 aliphatic heterocycles. The largest absolute Gasteiger partial charge is 0.401 e. The highest BCUT2D eigenvalue weighted by atomic mass is 19.4. The van der Waals surface area contributed by atoms with Crippen LogP contribution in [0.2, 0.25) is 0 Å². The van der Waals surface area contributed by atoms with Crippen LogP contribution in [0.15, 0.2) is 0 Å². The van der Waals surface area contributed by atoms with Gasteiger partial charge < -0.3 is 0 Å². The van der Waals surface area contributed by atoms with Crippen molar-refractivity contribution < 1.29 is 13.2 Å². The van der Waals surface area contributed by atoms with Crippen molar-refractivity contribution in [3.8, 4) is 0 Å². The molecule has 1 saturated heterocycles. The third-order valence-corrected chi connectivity index (χ3v) is 4.16. The molecule has 0 N–H and O–H groups in total. The molecule has 1 saturated carbocycles. The van der Waals surface area contributed by atoms with E-state index in [1.807, 2.05) is 0 Å². The average Bonchev–Trinajstić information content (AvgIpc) is 2.36. The highest BCUT2D eigenvalue weighted by molar-refractivity contribution is 4.94. The number of likely N-dealkylation sites (tertiary alicyclic amines) is 1. The Kier molecular flexibility index (Phi) is 3.21. The van der Waals surface area contributed by atoms with Crippen LogP contribution in [0.25, 0.3) is 0 Å². The predicted molar refractivity (Wildman–Crippen MR) is 57.0 cm³/mol. The third kappa shape index (κ3) is 2.53. The molecule has 1 unspecified atom stereocenters. The van der Waals surface area contributed by atoms with Crippen LogP contribution in [0, 0.1) is 23.7 Å². The molecule has 0 aromatic rings. The molecule has 2 rings (SSSR count). The molecule has 1 nitrogen and oxygen atoms in total. The van der Waals surface area contributed by atoms with Gasteiger partial charge in [0.05, 0.1) is 6.54 Å². The number of hydrogen-bond donors (Lipinski definition) is 0. The van der Waals surface area contributed by atoms with Gasteiger partial charge >= 0.3 is 6.18 Å². The SMILES string of the molecule is CC(C)C1[C@@H]2CC[C@H]1CN(CC(F)(F)F)C2. The van der Waals surface area contributed by atoms with Gasteiger partial charge in [0.25, 0.3) is 0 Å². The van der Waals surface area contributed by atoms with E-state index in [4.69, 9.17) is 0 Å². The van der Waals surface area contributed by atoms with Crippen LogP contribution in [-0.2, 0) is 0 Å². The second-order valence-electron chi connectivity index (χ2n) is 5.73. The van der Waals surface area contributed by atoms with Crippen molar-refractivity contribution >= 4 is 0 Å². The molecule has 1 aliphatic carbocycles. The fraction of sp³-hybridized carbons (Fsp3) is 1.00. The lowest BCUT2D eigenvalue weighted by Gasteiger charge is -2.40. The lowest BCUT2D eigenvalue weighted by atomic mass is 9.77. The number of rotatable bonds is 2. The number of fused-ring (bicyclic) bond motifs is 2. The summed E-state index contributed by atoms with van der Waals surface area (Å²) in [6.45, 7) is 4.99. The van der Waals surface area contributed by atoms with Crippen molar-refractivity contribution in [2.45, 2.75) is 32.9 Å². The van der Waals surface area contributed by atoms with Crippen molar-refractivity contribution in [1.82, 2.24) is 4.90 Å². The Bertz CT molecular complexity index is 235. The maximum atomic E-state index is 12.3. The molecule has 0 aromatic carbocycles. The molecule has 2 aliphatic rings. The third-order valence-electron chi connectivity index (χ3n) is 4.16. The molecule has 3 atom stereocenters. The van der Waals surface area contributed by atoms with E-state index in [9.17, 15) is 13.2 Å². The van der Waals surface area contributed by atoms with Crippen LogP contribution in [0.4, 0.5) is 13.2 Å². The second kappa shape index (κ2) is 4.21. The zero-order valence-corrected chi connectivity index (χ0v) is 9.93. The first-order valence-electron chi connectivity index (χ1n) is 6.16. The van der Waals surface area contributed by atoms with Gasteiger partial charge in [-0.25, -0.2) is 0 Å². The summed E-state index contributed by atoms with van der Waals surface area (Å²) in [5, 5.41) is 0. The Balaban J connectivity index is 1.97. The summed E-state index contributed by atoms with van der Waals surface area (Å²) in [4.78, 5) is 1.61. The van der Waals surface area contributed by atoms with Crippen LogP contribution < -0.4 is 0 Å². The number of alkyl halides is 3. The minimum atomic E-state index is -4.04. The van der Waals surface area contributed by atoms with Gasteiger partial charge in [-0.1, -0.05) is 13.8 Å². The minimum Gasteiger partial charge on any atom is -0.294 e. The Morgan fingerprint density at radius 2 is 1.62 bits per heavy atom. The lowest BCUT2D eigenvalue weighted by Crippen LogP contribution is -2.47. The molecular weight excluding hydrogens is 215 g/mol. The summed E-state index contributed by atoms with van der Waals surface area (Å²) in [6, 6.07) is 0. The molecule has 2 fully saturated rings. The number of hydrogen-bond acceptors (Lipinski definition) is 1. The first kappa shape index (κ1) is 12.2. The Morgan fingerprint density at radius 3 is 2.00 bits per heavy atom. The number of nitrogens with zero attached hydrogens (tertiary/aromatic N) is 1. The smallest absolute Gasteiger partial charge is 0.294 e. The fourth-order valence-electron chi connectivity index (χ4n) is 3.83. The van der Waals surface area contributed by atoms with E-state index >= 15 is 0 Å². The molecule has 94 valence electrons. The van der Waals surface area contributed by atoms with Crippen molar-refractivity contribution in [1.29, 1.82) is 0 Å². The fourth-order valence-corrected chi connectivity index (χ4v) is 3.83. The maximum Gasteiger partial charge on any atom is 0.401 e. The zero-order valence-electron chi connectivity index (χ0n) is 9.93. The predicted octanol–water partition coefficient (Wildman–Crippen LogP) is 3.16. The van der Waals surface area contributed by atoms with Crippen molar-refractivity contribution in [3.63, 3.8) is 0 Å². The summed E-state index contributed by atoms with van der Waals surface area (Å²) >= 11 is 0. The second-order valence-corrected chi connectivity index (χ2v) is 5.73. The van der Waals surface area contributed by atoms with E-state index in [0.29, 0.717) is 36.8 Å². The summed E-state index contributed by atoms with van der Waals surface area (Å²) in [5.74, 6) is 2.28. The lowest BCUT2D eigenvalue weighted by molar-refractivity contribution is -0.152. The monoisotopic (exact) mass is 235 g/mol. The Labute approximate surface area is 95.0 Å². The van der Waals surface area contributed by atoms with Gasteiger partial charge in [-0.05, 0) is 36.5 Å². The zero-order chi connectivity index (χ0) is 11.9. The minimum absolute atomic E-state index is 0.501. The van der Waals surface area contributed by atoms with Crippen molar-refractivity contribution in [2.75, 3.05) is 19.6 Å². The van der Waals surface area contributed by atoms with E-state index in [-0.39, 0.29) is 0 Å². The topological polar surface area (TPSA) is 3.24 Å². The van der Waals surface area contributed by atoms with E-state index in [1.165, 1.54) is 0 Å². The standard InChI is InChI=1S/C12H20F3N/c1-8(2)11-9-3-4-10(11)6-16(5-9)7-12(13,14)15/h8-11H,3-7H2,1-2H3/t9-,10+,11?. The summed E-state index contributed by atoms with van der Waals surface area (Å²) < 4.78 is 37.0. The van der Waals surface area contributed by atoms with Crippen molar-refractivity contribution in [3.05, 3.63) is 0 Å². The number of piperidine rings is 1. The van der Waals surface area contributed by atoms with E-state index in [0.717, 1.165) is 12.8 Å². The normalized spacial score (nSPS) is 36.0. The molecule has 0 amide bonds. The summed E-state index contributed by atoms with van der Waals surface area (Å²) in [6.07, 6.45) is -1.78. The summed E-state index contributed by atoms with van der Waals surface area (Å²) in [7, 11) is 0. The molecule has 0 radical (unpaired) electrons. The molecule has 16 heavy (non-hydrogen) atoms. The first-order valence-corrected chi connectivity index (χ1v) is 6.16. The molecule has 0 aromatic heterocycles. The summed E-state index contributed by atoms with van der Waals surface area (Å²) in [5.41, 5.74) is 0. The Morgan fingerprint density at radius 1 is 1.12 bits per heavy atom. The molecular formula is C12H20F3N. The van der Waals surface area contributed by atoms with Gasteiger partial charge in [-0.15, -0.1) is 0 Å². The van der Waals surface area contributed by atoms with Gasteiger partial charge in [-0.2, -0.15) is 13.2 Å². The van der Waals surface area contributed by atoms with Crippen molar-refractivity contribution in [2.24, 2.45) is 23.7 Å². The van der Waals surface area contributed by atoms with E-state index in [2.05, 4.69) is 13.8 Å². The van der Waals surface area contributed by atoms with Gasteiger partial charge in [0.1, 0.15) is 0 Å². The quantitative estimate of drug-likeness (QED) is 0.710. The van der Waals surface area contributed by atoms with Crippen LogP contribution in [0.5, 0.6) is 0 Å². The molecule has 1 heterocycles. The molecule has 2 bridgehead atoms. The van der Waals surface area contributed by atoms with Gasteiger partial charge in [0.15, 0.2) is 0 Å². The maximum absolute atomic E-state index is 12.3. The van der Waals surface area contributed by atoms with E-state index in [1.54, 1.807) is 4.90 Å². The van der Waals surface area contributed by atoms with Gasteiger partial charge in [0, 0.05) is 13.1 Å². The van der Waals surface area contributed by atoms with Gasteiger partial charge in [0.2, 0.25) is 0 Å². The molecule has 0 spiro atoms. The molecule has 4 heteroatoms. The number of halogens is 3. The van der Waals surface area contributed by atoms with E-state index < -0.39 is 12.7 Å². The van der Waals surface area contributed by atoms with Crippen LogP contribution >= 0.6 is 0 Å². The average molecular weight is 235 g/mol. The Hall–Kier alpha value is -0.250.